The summed E-state index contributed by atoms with van der Waals surface area (Å²) in [6.07, 6.45) is 0. The number of nitrogens with one attached hydrogen (secondary N) is 1. The highest BCUT2D eigenvalue weighted by molar-refractivity contribution is 7.07. The molecule has 0 spiro atoms. The third-order valence-electron chi connectivity index (χ3n) is 1.99. The predicted octanol–water partition coefficient (Wildman–Crippen LogP) is 2.56. The fourth-order valence-electron chi connectivity index (χ4n) is 1.04. The number of hydrogen-bond acceptors (Lipinski definition) is 3. The van der Waals surface area contributed by atoms with Crippen molar-refractivity contribution in [1.82, 2.24) is 5.32 Å². The molecule has 1 aromatic heterocycles. The van der Waals surface area contributed by atoms with Crippen molar-refractivity contribution in [3.8, 4) is 6.07 Å². The van der Waals surface area contributed by atoms with E-state index in [9.17, 15) is 0 Å². The molecule has 2 atom stereocenters. The highest BCUT2D eigenvalue weighted by atomic mass is 32.1. The van der Waals surface area contributed by atoms with Gasteiger partial charge in [0.15, 0.2) is 0 Å². The molecule has 0 saturated heterocycles. The summed E-state index contributed by atoms with van der Waals surface area (Å²) in [5, 5.41) is 16.1. The summed E-state index contributed by atoms with van der Waals surface area (Å²) in [6, 6.07) is 4.67. The zero-order chi connectivity index (χ0) is 9.68. The molecule has 2 nitrogen and oxygen atoms in total. The van der Waals surface area contributed by atoms with Crippen LogP contribution in [0, 0.1) is 17.2 Å². The molecular weight excluding hydrogens is 180 g/mol. The highest BCUT2D eigenvalue weighted by Gasteiger charge is 2.06. The van der Waals surface area contributed by atoms with Gasteiger partial charge in [0.1, 0.15) is 0 Å². The van der Waals surface area contributed by atoms with Crippen LogP contribution in [0.5, 0.6) is 0 Å². The summed E-state index contributed by atoms with van der Waals surface area (Å²) < 4.78 is 0. The van der Waals surface area contributed by atoms with E-state index < -0.39 is 0 Å². The van der Waals surface area contributed by atoms with Gasteiger partial charge in [-0.2, -0.15) is 16.6 Å². The molecule has 0 saturated carbocycles. The Labute approximate surface area is 83.2 Å². The number of thiophene rings is 1. The van der Waals surface area contributed by atoms with Gasteiger partial charge in [0, 0.05) is 12.6 Å². The van der Waals surface area contributed by atoms with E-state index in [1.54, 1.807) is 11.3 Å². The van der Waals surface area contributed by atoms with Gasteiger partial charge in [0.25, 0.3) is 0 Å². The molecule has 1 N–H and O–H groups in total. The van der Waals surface area contributed by atoms with Gasteiger partial charge < -0.3 is 5.32 Å². The van der Waals surface area contributed by atoms with Crippen molar-refractivity contribution in [2.75, 3.05) is 6.54 Å². The Bertz CT molecular complexity index is 274. The van der Waals surface area contributed by atoms with Crippen molar-refractivity contribution in [2.45, 2.75) is 19.9 Å². The lowest BCUT2D eigenvalue weighted by molar-refractivity contribution is 0.529. The molecule has 0 aliphatic rings. The van der Waals surface area contributed by atoms with Crippen LogP contribution in [-0.2, 0) is 0 Å². The van der Waals surface area contributed by atoms with Gasteiger partial charge in [-0.05, 0) is 36.2 Å². The van der Waals surface area contributed by atoms with Gasteiger partial charge in [0.05, 0.1) is 12.0 Å². The van der Waals surface area contributed by atoms with Crippen LogP contribution in [0.3, 0.4) is 0 Å². The first-order valence-electron chi connectivity index (χ1n) is 4.39. The lowest BCUT2D eigenvalue weighted by atomic mass is 10.1. The minimum absolute atomic E-state index is 0.0843. The minimum Gasteiger partial charge on any atom is -0.309 e. The number of hydrogen-bond donors (Lipinski definition) is 1. The van der Waals surface area contributed by atoms with Crippen LogP contribution in [0.1, 0.15) is 25.5 Å². The van der Waals surface area contributed by atoms with Crippen LogP contribution in [0.2, 0.25) is 0 Å². The molecule has 0 aliphatic carbocycles. The maximum absolute atomic E-state index is 8.59. The van der Waals surface area contributed by atoms with E-state index in [1.807, 2.05) is 6.92 Å². The van der Waals surface area contributed by atoms with Gasteiger partial charge in [-0.15, -0.1) is 0 Å². The molecule has 0 amide bonds. The van der Waals surface area contributed by atoms with E-state index in [2.05, 4.69) is 35.1 Å². The summed E-state index contributed by atoms with van der Waals surface area (Å²) in [5.74, 6) is 0.0843. The first kappa shape index (κ1) is 10.2. The molecular formula is C10H14N2S. The quantitative estimate of drug-likeness (QED) is 0.799. The number of nitrogens with zero attached hydrogens (tertiary/aromatic N) is 1. The average molecular weight is 194 g/mol. The largest absolute Gasteiger partial charge is 0.309 e. The van der Waals surface area contributed by atoms with Crippen LogP contribution < -0.4 is 5.32 Å². The Morgan fingerprint density at radius 2 is 2.38 bits per heavy atom. The van der Waals surface area contributed by atoms with Crippen LogP contribution in [0.25, 0.3) is 0 Å². The zero-order valence-corrected chi connectivity index (χ0v) is 8.77. The van der Waals surface area contributed by atoms with E-state index >= 15 is 0 Å². The normalized spacial score (nSPS) is 14.8. The fraction of sp³-hybridized carbons (Fsp3) is 0.500. The van der Waals surface area contributed by atoms with Gasteiger partial charge >= 0.3 is 0 Å². The minimum atomic E-state index is 0.0843. The SMILES string of the molecule is CC(C#N)CNC(C)c1ccsc1. The van der Waals surface area contributed by atoms with Crippen molar-refractivity contribution < 1.29 is 0 Å². The Morgan fingerprint density at radius 1 is 1.62 bits per heavy atom. The second-order valence-electron chi connectivity index (χ2n) is 3.22. The van der Waals surface area contributed by atoms with Crippen molar-refractivity contribution >= 4 is 11.3 Å². The van der Waals surface area contributed by atoms with Gasteiger partial charge in [-0.1, -0.05) is 0 Å². The van der Waals surface area contributed by atoms with Crippen molar-refractivity contribution in [2.24, 2.45) is 5.92 Å². The third kappa shape index (κ3) is 3.17. The smallest absolute Gasteiger partial charge is 0.0666 e. The molecule has 0 radical (unpaired) electrons. The van der Waals surface area contributed by atoms with Gasteiger partial charge in [-0.3, -0.25) is 0 Å². The molecule has 13 heavy (non-hydrogen) atoms. The van der Waals surface area contributed by atoms with Crippen LogP contribution in [0.4, 0.5) is 0 Å². The maximum Gasteiger partial charge on any atom is 0.0666 e. The zero-order valence-electron chi connectivity index (χ0n) is 7.95. The van der Waals surface area contributed by atoms with Crippen molar-refractivity contribution in [3.05, 3.63) is 22.4 Å². The topological polar surface area (TPSA) is 35.8 Å². The lowest BCUT2D eigenvalue weighted by Gasteiger charge is -2.12. The van der Waals surface area contributed by atoms with Crippen LogP contribution in [0.15, 0.2) is 16.8 Å². The Balaban J connectivity index is 2.35. The first-order valence-corrected chi connectivity index (χ1v) is 5.33. The monoisotopic (exact) mass is 194 g/mol. The third-order valence-corrected chi connectivity index (χ3v) is 2.70. The summed E-state index contributed by atoms with van der Waals surface area (Å²) in [5.41, 5.74) is 1.30. The molecule has 0 aliphatic heterocycles. The average Bonchev–Trinajstić information content (AvgIpc) is 2.66. The summed E-state index contributed by atoms with van der Waals surface area (Å²) in [7, 11) is 0. The van der Waals surface area contributed by atoms with E-state index in [4.69, 9.17) is 5.26 Å². The number of rotatable bonds is 4. The van der Waals surface area contributed by atoms with Crippen LogP contribution in [-0.4, -0.2) is 6.54 Å². The number of nitriles is 1. The maximum atomic E-state index is 8.59. The van der Waals surface area contributed by atoms with E-state index in [-0.39, 0.29) is 5.92 Å². The second kappa shape index (κ2) is 5.00. The van der Waals surface area contributed by atoms with E-state index in [1.165, 1.54) is 5.56 Å². The summed E-state index contributed by atoms with van der Waals surface area (Å²) >= 11 is 1.70. The molecule has 0 fully saturated rings. The molecule has 0 bridgehead atoms. The molecule has 3 heteroatoms. The standard InChI is InChI=1S/C10H14N2S/c1-8(5-11)6-12-9(2)10-3-4-13-7-10/h3-4,7-9,12H,6H2,1-2H3. The first-order chi connectivity index (χ1) is 6.24. The fourth-order valence-corrected chi connectivity index (χ4v) is 1.79. The molecule has 2 unspecified atom stereocenters. The molecule has 70 valence electrons. The van der Waals surface area contributed by atoms with Crippen molar-refractivity contribution in [1.29, 1.82) is 5.26 Å². The summed E-state index contributed by atoms with van der Waals surface area (Å²) in [4.78, 5) is 0. The van der Waals surface area contributed by atoms with Gasteiger partial charge in [0.2, 0.25) is 0 Å². The van der Waals surface area contributed by atoms with Crippen LogP contribution >= 0.6 is 11.3 Å². The molecule has 1 aromatic rings. The van der Waals surface area contributed by atoms with E-state index in [0.29, 0.717) is 6.04 Å². The Hall–Kier alpha value is -0.850. The molecule has 1 heterocycles. The van der Waals surface area contributed by atoms with Crippen molar-refractivity contribution in [3.63, 3.8) is 0 Å². The predicted molar refractivity (Wildman–Crippen MR) is 55.5 cm³/mol. The Morgan fingerprint density at radius 3 is 2.92 bits per heavy atom. The Kier molecular flexibility index (Phi) is 3.94. The lowest BCUT2D eigenvalue weighted by Crippen LogP contribution is -2.23. The highest BCUT2D eigenvalue weighted by Crippen LogP contribution is 2.15. The molecule has 0 aromatic carbocycles. The second-order valence-corrected chi connectivity index (χ2v) is 4.00. The van der Waals surface area contributed by atoms with E-state index in [0.717, 1.165) is 6.54 Å². The van der Waals surface area contributed by atoms with Gasteiger partial charge in [-0.25, -0.2) is 0 Å². The molecule has 1 rings (SSSR count). The summed E-state index contributed by atoms with van der Waals surface area (Å²) in [6.45, 7) is 4.80.